The van der Waals surface area contributed by atoms with Crippen molar-refractivity contribution in [3.63, 3.8) is 0 Å². The van der Waals surface area contributed by atoms with E-state index in [-0.39, 0.29) is 0 Å². The first-order valence-electron chi connectivity index (χ1n) is 8.48. The van der Waals surface area contributed by atoms with Crippen molar-refractivity contribution < 1.29 is 0 Å². The van der Waals surface area contributed by atoms with Gasteiger partial charge in [-0.1, -0.05) is 32.6 Å². The average Bonchev–Trinajstić information content (AvgIpc) is 2.84. The predicted octanol–water partition coefficient (Wildman–Crippen LogP) is 2.46. The van der Waals surface area contributed by atoms with Crippen LogP contribution in [0.25, 0.3) is 0 Å². The van der Waals surface area contributed by atoms with E-state index in [9.17, 15) is 0 Å². The summed E-state index contributed by atoms with van der Waals surface area (Å²) in [6.07, 6.45) is 11.0. The maximum Gasteiger partial charge on any atom is 0.0332 e. The molecule has 19 heavy (non-hydrogen) atoms. The second-order valence-electron chi connectivity index (χ2n) is 6.47. The summed E-state index contributed by atoms with van der Waals surface area (Å²) in [5, 5.41) is 0. The summed E-state index contributed by atoms with van der Waals surface area (Å²) in [6.45, 7) is 9.40. The molecule has 0 spiro atoms. The van der Waals surface area contributed by atoms with Crippen LogP contribution in [0.1, 0.15) is 58.3 Å². The smallest absolute Gasteiger partial charge is 0.0332 e. The molecule has 0 amide bonds. The molecule has 3 heteroatoms. The van der Waals surface area contributed by atoms with E-state index in [0.717, 1.165) is 13.1 Å². The highest BCUT2D eigenvalue weighted by molar-refractivity contribution is 4.93. The molecule has 1 saturated carbocycles. The van der Waals surface area contributed by atoms with Crippen molar-refractivity contribution in [3.05, 3.63) is 0 Å². The Balaban J connectivity index is 1.91. The third-order valence-electron chi connectivity index (χ3n) is 5.35. The van der Waals surface area contributed by atoms with Crippen LogP contribution in [0.15, 0.2) is 0 Å². The summed E-state index contributed by atoms with van der Waals surface area (Å²) < 4.78 is 0. The molecule has 2 aliphatic rings. The Hall–Kier alpha value is -0.120. The maximum atomic E-state index is 6.21. The Morgan fingerprint density at radius 2 is 1.63 bits per heavy atom. The summed E-state index contributed by atoms with van der Waals surface area (Å²) in [5.41, 5.74) is 6.52. The van der Waals surface area contributed by atoms with E-state index >= 15 is 0 Å². The minimum absolute atomic E-state index is 0.310. The van der Waals surface area contributed by atoms with Gasteiger partial charge in [-0.2, -0.15) is 0 Å². The van der Waals surface area contributed by atoms with Crippen LogP contribution < -0.4 is 5.73 Å². The lowest BCUT2D eigenvalue weighted by Crippen LogP contribution is -2.55. The van der Waals surface area contributed by atoms with Crippen LogP contribution in [0.3, 0.4) is 0 Å². The van der Waals surface area contributed by atoms with Gasteiger partial charge in [0, 0.05) is 25.2 Å². The Morgan fingerprint density at radius 1 is 1.00 bits per heavy atom. The van der Waals surface area contributed by atoms with Gasteiger partial charge in [-0.25, -0.2) is 0 Å². The van der Waals surface area contributed by atoms with Crippen LogP contribution in [0.4, 0.5) is 0 Å². The molecule has 1 aliphatic carbocycles. The first-order chi connectivity index (χ1) is 9.30. The molecular weight excluding hydrogens is 234 g/mol. The van der Waals surface area contributed by atoms with Gasteiger partial charge in [0.2, 0.25) is 0 Å². The van der Waals surface area contributed by atoms with Gasteiger partial charge >= 0.3 is 0 Å². The van der Waals surface area contributed by atoms with Crippen molar-refractivity contribution in [1.82, 2.24) is 9.80 Å². The third-order valence-corrected chi connectivity index (χ3v) is 5.35. The third kappa shape index (κ3) is 3.93. The molecular formula is C16H33N3. The fourth-order valence-corrected chi connectivity index (χ4v) is 4.04. The quantitative estimate of drug-likeness (QED) is 0.750. The van der Waals surface area contributed by atoms with Crippen LogP contribution in [0.5, 0.6) is 0 Å². The van der Waals surface area contributed by atoms with E-state index in [1.165, 1.54) is 77.5 Å². The highest BCUT2D eigenvalue weighted by Crippen LogP contribution is 2.31. The topological polar surface area (TPSA) is 32.5 Å². The average molecular weight is 267 g/mol. The van der Waals surface area contributed by atoms with Crippen LogP contribution in [0.2, 0.25) is 0 Å². The molecule has 3 nitrogen and oxygen atoms in total. The lowest BCUT2D eigenvalue weighted by Gasteiger charge is -2.43. The maximum absolute atomic E-state index is 6.21. The molecule has 0 aromatic carbocycles. The summed E-state index contributed by atoms with van der Waals surface area (Å²) in [4.78, 5) is 5.33. The molecule has 2 N–H and O–H groups in total. The molecule has 0 aromatic heterocycles. The minimum atomic E-state index is 0.310. The van der Waals surface area contributed by atoms with Gasteiger partial charge in [0.15, 0.2) is 0 Å². The van der Waals surface area contributed by atoms with Gasteiger partial charge < -0.3 is 10.6 Å². The summed E-state index contributed by atoms with van der Waals surface area (Å²) in [5.74, 6) is 0. The van der Waals surface area contributed by atoms with Gasteiger partial charge in [-0.3, -0.25) is 4.90 Å². The molecule has 0 atom stereocenters. The number of likely N-dealkylation sites (tertiary alicyclic amines) is 1. The predicted molar refractivity (Wildman–Crippen MR) is 82.4 cm³/mol. The van der Waals surface area contributed by atoms with Gasteiger partial charge in [0.25, 0.3) is 0 Å². The Kier molecular flexibility index (Phi) is 6.11. The normalized spacial score (nSPS) is 24.8. The summed E-state index contributed by atoms with van der Waals surface area (Å²) in [7, 11) is 0. The van der Waals surface area contributed by atoms with Crippen molar-refractivity contribution in [1.29, 1.82) is 0 Å². The Bertz CT molecular complexity index is 240. The molecule has 1 saturated heterocycles. The second-order valence-corrected chi connectivity index (χ2v) is 6.47. The van der Waals surface area contributed by atoms with Crippen LogP contribution in [0, 0.1) is 0 Å². The van der Waals surface area contributed by atoms with Gasteiger partial charge in [-0.15, -0.1) is 0 Å². The van der Waals surface area contributed by atoms with Gasteiger partial charge in [0.05, 0.1) is 0 Å². The molecule has 112 valence electrons. The zero-order chi connectivity index (χ0) is 13.6. The largest absolute Gasteiger partial charge is 0.329 e. The van der Waals surface area contributed by atoms with Crippen LogP contribution in [-0.4, -0.2) is 54.6 Å². The van der Waals surface area contributed by atoms with Crippen LogP contribution in [-0.2, 0) is 0 Å². The monoisotopic (exact) mass is 267 g/mol. The van der Waals surface area contributed by atoms with Crippen LogP contribution >= 0.6 is 0 Å². The molecule has 0 aromatic rings. The highest BCUT2D eigenvalue weighted by Gasteiger charge is 2.34. The number of nitrogens with two attached hydrogens (primary N) is 1. The lowest BCUT2D eigenvalue weighted by atomic mass is 9.88. The van der Waals surface area contributed by atoms with Gasteiger partial charge in [-0.05, 0) is 45.3 Å². The highest BCUT2D eigenvalue weighted by atomic mass is 15.2. The van der Waals surface area contributed by atoms with E-state index in [1.54, 1.807) is 0 Å². The van der Waals surface area contributed by atoms with E-state index < -0.39 is 0 Å². The van der Waals surface area contributed by atoms with Crippen molar-refractivity contribution in [3.8, 4) is 0 Å². The van der Waals surface area contributed by atoms with Crippen molar-refractivity contribution in [2.75, 3.05) is 39.3 Å². The summed E-state index contributed by atoms with van der Waals surface area (Å²) >= 11 is 0. The first kappa shape index (κ1) is 15.3. The van der Waals surface area contributed by atoms with E-state index in [2.05, 4.69) is 16.7 Å². The number of hydrogen-bond donors (Lipinski definition) is 1. The molecule has 1 heterocycles. The fraction of sp³-hybridized carbons (Fsp3) is 1.00. The van der Waals surface area contributed by atoms with Crippen molar-refractivity contribution >= 4 is 0 Å². The number of nitrogens with zero attached hydrogens (tertiary/aromatic N) is 2. The van der Waals surface area contributed by atoms with Crippen molar-refractivity contribution in [2.24, 2.45) is 5.73 Å². The van der Waals surface area contributed by atoms with E-state index in [0.29, 0.717) is 5.54 Å². The molecule has 0 bridgehead atoms. The zero-order valence-electron chi connectivity index (χ0n) is 12.9. The lowest BCUT2D eigenvalue weighted by molar-refractivity contribution is 0.0736. The second kappa shape index (κ2) is 7.61. The summed E-state index contributed by atoms with van der Waals surface area (Å²) in [6, 6.07) is 0. The zero-order valence-corrected chi connectivity index (χ0v) is 12.9. The van der Waals surface area contributed by atoms with E-state index in [1.807, 2.05) is 0 Å². The molecule has 0 unspecified atom stereocenters. The molecule has 1 aliphatic heterocycles. The molecule has 2 fully saturated rings. The number of rotatable bonds is 6. The number of likely N-dealkylation sites (N-methyl/N-ethyl adjacent to an activating group) is 1. The Morgan fingerprint density at radius 3 is 2.16 bits per heavy atom. The molecule has 2 rings (SSSR count). The Labute approximate surface area is 119 Å². The first-order valence-corrected chi connectivity index (χ1v) is 8.48. The van der Waals surface area contributed by atoms with Gasteiger partial charge in [0.1, 0.15) is 0 Å². The molecule has 0 radical (unpaired) electrons. The SMILES string of the molecule is CCN(CCN1CCCC1)C1(CN)CCCCCC1. The number of hydrogen-bond acceptors (Lipinski definition) is 3. The minimum Gasteiger partial charge on any atom is -0.329 e. The van der Waals surface area contributed by atoms with Crippen molar-refractivity contribution in [2.45, 2.75) is 63.8 Å². The fourth-order valence-electron chi connectivity index (χ4n) is 4.04. The standard InChI is InChI=1S/C16H33N3/c1-2-19(14-13-18-11-7-8-12-18)16(15-17)9-5-3-4-6-10-16/h2-15,17H2,1H3. The van der Waals surface area contributed by atoms with E-state index in [4.69, 9.17) is 5.73 Å².